The van der Waals surface area contributed by atoms with Crippen LogP contribution in [0.1, 0.15) is 65.9 Å². The van der Waals surface area contributed by atoms with E-state index in [9.17, 15) is 13.6 Å². The standard InChI is InChI=1S/C30H42BF2N3O4/c1-19-15-35(18-30(19,32)33)21-13-22(14-21)36-25-12-20(31-39-27(2,3)28(4,5)40-31)6-7-24(25)29(26(36)37)8-10-34(11-9-29)23-16-38-17-23/h6-7,12,19,21-23H,8-11,13-18H2,1-5H3/t19?,21-,22+. The highest BCUT2D eigenvalue weighted by Gasteiger charge is 2.58. The number of halogens is 2. The lowest BCUT2D eigenvalue weighted by Crippen LogP contribution is -2.59. The Kier molecular flexibility index (Phi) is 6.11. The van der Waals surface area contributed by atoms with Crippen molar-refractivity contribution in [1.82, 2.24) is 9.80 Å². The van der Waals surface area contributed by atoms with Gasteiger partial charge in [-0.2, -0.15) is 0 Å². The number of ether oxygens (including phenoxy) is 1. The van der Waals surface area contributed by atoms with E-state index in [1.165, 1.54) is 0 Å². The van der Waals surface area contributed by atoms with Crippen LogP contribution in [0.3, 0.4) is 0 Å². The molecule has 218 valence electrons. The third-order valence-electron chi connectivity index (χ3n) is 11.4. The molecule has 1 saturated carbocycles. The Hall–Kier alpha value is -1.59. The van der Waals surface area contributed by atoms with Gasteiger partial charge in [0.1, 0.15) is 0 Å². The first-order chi connectivity index (χ1) is 18.8. The van der Waals surface area contributed by atoms with Gasteiger partial charge < -0.3 is 18.9 Å². The first-order valence-electron chi connectivity index (χ1n) is 15.1. The van der Waals surface area contributed by atoms with Crippen molar-refractivity contribution in [2.45, 2.75) is 101 Å². The number of piperidine rings is 1. The van der Waals surface area contributed by atoms with Gasteiger partial charge in [-0.25, -0.2) is 8.78 Å². The molecule has 5 heterocycles. The van der Waals surface area contributed by atoms with E-state index in [0.717, 1.165) is 68.7 Å². The normalized spacial score (nSPS) is 34.8. The van der Waals surface area contributed by atoms with Crippen molar-refractivity contribution in [3.63, 3.8) is 0 Å². The van der Waals surface area contributed by atoms with E-state index in [1.807, 2.05) is 37.5 Å². The largest absolute Gasteiger partial charge is 0.494 e. The number of fused-ring (bicyclic) bond motifs is 2. The van der Waals surface area contributed by atoms with Crippen LogP contribution in [0.2, 0.25) is 0 Å². The lowest BCUT2D eigenvalue weighted by Gasteiger charge is -2.47. The fraction of sp³-hybridized carbons (Fsp3) is 0.767. The van der Waals surface area contributed by atoms with Gasteiger partial charge in [0.25, 0.3) is 5.92 Å². The van der Waals surface area contributed by atoms with E-state index in [1.54, 1.807) is 6.92 Å². The van der Waals surface area contributed by atoms with Gasteiger partial charge in [0.05, 0.1) is 42.4 Å². The highest BCUT2D eigenvalue weighted by molar-refractivity contribution is 6.62. The van der Waals surface area contributed by atoms with E-state index >= 15 is 0 Å². The molecule has 5 aliphatic heterocycles. The topological polar surface area (TPSA) is 54.5 Å². The number of likely N-dealkylation sites (tertiary alicyclic amines) is 2. The molecule has 0 radical (unpaired) electrons. The molecule has 1 aliphatic carbocycles. The van der Waals surface area contributed by atoms with Gasteiger partial charge in [0.15, 0.2) is 0 Å². The maximum atomic E-state index is 14.4. The highest BCUT2D eigenvalue weighted by atomic mass is 19.3. The molecule has 1 amide bonds. The van der Waals surface area contributed by atoms with E-state index in [4.69, 9.17) is 14.0 Å². The number of hydrogen-bond donors (Lipinski definition) is 0. The van der Waals surface area contributed by atoms with Crippen molar-refractivity contribution in [3.05, 3.63) is 23.8 Å². The number of carbonyl (C=O) groups excluding carboxylic acids is 1. The second-order valence-corrected chi connectivity index (χ2v) is 14.2. The Labute approximate surface area is 236 Å². The van der Waals surface area contributed by atoms with Crippen LogP contribution in [0.15, 0.2) is 18.2 Å². The van der Waals surface area contributed by atoms with Crippen molar-refractivity contribution in [2.75, 3.05) is 44.3 Å². The molecule has 7 nitrogen and oxygen atoms in total. The number of rotatable bonds is 4. The summed E-state index contributed by atoms with van der Waals surface area (Å²) in [6.45, 7) is 13.4. The summed E-state index contributed by atoms with van der Waals surface area (Å²) >= 11 is 0. The van der Waals surface area contributed by atoms with Crippen LogP contribution >= 0.6 is 0 Å². The molecule has 1 aromatic carbocycles. The van der Waals surface area contributed by atoms with Gasteiger partial charge in [0, 0.05) is 30.2 Å². The molecule has 0 bridgehead atoms. The fourth-order valence-corrected chi connectivity index (χ4v) is 7.61. The molecule has 1 aromatic rings. The summed E-state index contributed by atoms with van der Waals surface area (Å²) in [6.07, 6.45) is 3.04. The Morgan fingerprint density at radius 3 is 2.12 bits per heavy atom. The molecule has 7 rings (SSSR count). The number of carbonyl (C=O) groups is 1. The van der Waals surface area contributed by atoms with Gasteiger partial charge in [-0.05, 0) is 83.6 Å². The summed E-state index contributed by atoms with van der Waals surface area (Å²) in [5.41, 5.74) is 1.53. The van der Waals surface area contributed by atoms with E-state index < -0.39 is 35.6 Å². The maximum Gasteiger partial charge on any atom is 0.494 e. The molecular formula is C30H42BF2N3O4. The lowest BCUT2D eigenvalue weighted by atomic mass is 9.71. The molecule has 5 fully saturated rings. The smallest absolute Gasteiger partial charge is 0.399 e. The van der Waals surface area contributed by atoms with Crippen LogP contribution in [-0.2, 0) is 24.3 Å². The molecule has 0 N–H and O–H groups in total. The maximum absolute atomic E-state index is 14.4. The summed E-state index contributed by atoms with van der Waals surface area (Å²) in [5.74, 6) is -3.08. The Balaban J connectivity index is 1.17. The van der Waals surface area contributed by atoms with Crippen LogP contribution in [0.4, 0.5) is 14.5 Å². The Morgan fingerprint density at radius 1 is 0.925 bits per heavy atom. The molecule has 1 atom stereocenters. The average molecular weight is 557 g/mol. The summed E-state index contributed by atoms with van der Waals surface area (Å²) in [7, 11) is -0.508. The summed E-state index contributed by atoms with van der Waals surface area (Å²) < 4.78 is 46.7. The van der Waals surface area contributed by atoms with Crippen LogP contribution in [0.5, 0.6) is 0 Å². The van der Waals surface area contributed by atoms with E-state index in [0.29, 0.717) is 12.6 Å². The predicted octanol–water partition coefficient (Wildman–Crippen LogP) is 3.18. The van der Waals surface area contributed by atoms with E-state index in [-0.39, 0.29) is 24.5 Å². The first-order valence-corrected chi connectivity index (χ1v) is 15.1. The molecule has 40 heavy (non-hydrogen) atoms. The SMILES string of the molecule is CC1CN([C@H]2C[C@@H](N3C(=O)C4(CCN(C5COC5)CC4)c4ccc(B5OC(C)(C)C(C)(C)O5)cc43)C2)CC1(F)F. The van der Waals surface area contributed by atoms with Gasteiger partial charge in [-0.15, -0.1) is 0 Å². The number of amides is 1. The zero-order chi connectivity index (χ0) is 28.2. The van der Waals surface area contributed by atoms with Gasteiger partial charge >= 0.3 is 7.12 Å². The van der Waals surface area contributed by atoms with Crippen LogP contribution < -0.4 is 10.4 Å². The minimum absolute atomic E-state index is 0.0201. The third kappa shape index (κ3) is 3.96. The van der Waals surface area contributed by atoms with Crippen molar-refractivity contribution in [2.24, 2.45) is 5.92 Å². The highest BCUT2D eigenvalue weighted by Crippen LogP contribution is 2.52. The molecule has 1 spiro atoms. The van der Waals surface area contributed by atoms with Crippen LogP contribution in [0.25, 0.3) is 0 Å². The zero-order valence-corrected chi connectivity index (χ0v) is 24.4. The fourth-order valence-electron chi connectivity index (χ4n) is 7.61. The number of benzene rings is 1. The minimum atomic E-state index is -2.64. The number of anilines is 1. The lowest BCUT2D eigenvalue weighted by molar-refractivity contribution is -0.128. The van der Waals surface area contributed by atoms with Crippen molar-refractivity contribution >= 4 is 24.2 Å². The van der Waals surface area contributed by atoms with Gasteiger partial charge in [-0.1, -0.05) is 19.1 Å². The van der Waals surface area contributed by atoms with Crippen molar-refractivity contribution in [1.29, 1.82) is 0 Å². The van der Waals surface area contributed by atoms with E-state index in [2.05, 4.69) is 23.1 Å². The first kappa shape index (κ1) is 27.3. The quantitative estimate of drug-likeness (QED) is 0.531. The molecule has 10 heteroatoms. The van der Waals surface area contributed by atoms with Gasteiger partial charge in [0.2, 0.25) is 5.91 Å². The summed E-state index contributed by atoms with van der Waals surface area (Å²) in [4.78, 5) is 20.9. The van der Waals surface area contributed by atoms with Crippen molar-refractivity contribution < 1.29 is 27.6 Å². The summed E-state index contributed by atoms with van der Waals surface area (Å²) in [5, 5.41) is 0. The van der Waals surface area contributed by atoms with Crippen LogP contribution in [-0.4, -0.2) is 97.5 Å². The zero-order valence-electron chi connectivity index (χ0n) is 24.4. The monoisotopic (exact) mass is 557 g/mol. The summed E-state index contributed by atoms with van der Waals surface area (Å²) in [6, 6.07) is 6.89. The average Bonchev–Trinajstić information content (AvgIpc) is 3.31. The minimum Gasteiger partial charge on any atom is -0.399 e. The van der Waals surface area contributed by atoms with Gasteiger partial charge in [-0.3, -0.25) is 14.6 Å². The molecule has 6 aliphatic rings. The second-order valence-electron chi connectivity index (χ2n) is 14.2. The third-order valence-corrected chi connectivity index (χ3v) is 11.4. The molecule has 0 aromatic heterocycles. The Morgan fingerprint density at radius 2 is 1.57 bits per heavy atom. The second kappa shape index (κ2) is 8.96. The number of nitrogens with zero attached hydrogens (tertiary/aromatic N) is 3. The Bertz CT molecular complexity index is 1180. The molecular weight excluding hydrogens is 515 g/mol. The number of hydrogen-bond acceptors (Lipinski definition) is 6. The molecule has 4 saturated heterocycles. The van der Waals surface area contributed by atoms with Crippen molar-refractivity contribution in [3.8, 4) is 0 Å². The number of alkyl halides is 2. The van der Waals surface area contributed by atoms with Crippen LogP contribution in [0, 0.1) is 5.92 Å². The predicted molar refractivity (Wildman–Crippen MR) is 149 cm³/mol. The molecule has 1 unspecified atom stereocenters.